The molecule has 0 N–H and O–H groups in total. The highest BCUT2D eigenvalue weighted by atomic mass is 16.5. The van der Waals surface area contributed by atoms with E-state index in [9.17, 15) is 9.59 Å². The molecular formula is C15H17N5O3. The summed E-state index contributed by atoms with van der Waals surface area (Å²) in [5.74, 6) is -0.658. The third kappa shape index (κ3) is 3.36. The van der Waals surface area contributed by atoms with Crippen molar-refractivity contribution in [3.05, 3.63) is 36.2 Å². The number of hydrogen-bond donors (Lipinski definition) is 0. The molecule has 0 bridgehead atoms. The lowest BCUT2D eigenvalue weighted by Crippen LogP contribution is -2.38. The Labute approximate surface area is 133 Å². The first-order valence-electron chi connectivity index (χ1n) is 7.48. The number of benzene rings is 1. The van der Waals surface area contributed by atoms with E-state index in [0.717, 1.165) is 31.6 Å². The van der Waals surface area contributed by atoms with Gasteiger partial charge in [0.15, 0.2) is 6.10 Å². The second-order valence-electron chi connectivity index (χ2n) is 5.38. The molecule has 120 valence electrons. The molecule has 0 radical (unpaired) electrons. The first kappa shape index (κ1) is 15.1. The van der Waals surface area contributed by atoms with Crippen molar-refractivity contribution < 1.29 is 14.3 Å². The molecule has 1 fully saturated rings. The number of likely N-dealkylation sites (tertiary alicyclic amines) is 1. The molecule has 0 aliphatic carbocycles. The van der Waals surface area contributed by atoms with Crippen LogP contribution in [0.25, 0.3) is 5.69 Å². The van der Waals surface area contributed by atoms with Crippen molar-refractivity contribution in [2.75, 3.05) is 13.1 Å². The molecule has 0 saturated carbocycles. The molecule has 1 amide bonds. The summed E-state index contributed by atoms with van der Waals surface area (Å²) in [6.07, 6.45) is 2.69. The fourth-order valence-corrected chi connectivity index (χ4v) is 2.50. The Hall–Kier alpha value is -2.77. The molecule has 0 unspecified atom stereocenters. The second-order valence-corrected chi connectivity index (χ2v) is 5.38. The minimum absolute atomic E-state index is 0.138. The Morgan fingerprint density at radius 1 is 1.17 bits per heavy atom. The highest BCUT2D eigenvalue weighted by molar-refractivity contribution is 5.92. The Kier molecular flexibility index (Phi) is 4.31. The van der Waals surface area contributed by atoms with E-state index in [1.54, 1.807) is 36.1 Å². The van der Waals surface area contributed by atoms with Gasteiger partial charge in [-0.05, 0) is 54.5 Å². The van der Waals surface area contributed by atoms with Crippen LogP contribution in [0.3, 0.4) is 0 Å². The van der Waals surface area contributed by atoms with E-state index >= 15 is 0 Å². The standard InChI is InChI=1S/C15H17N5O3/c1-11(14(21)19-8-2-3-9-19)23-15(22)12-4-6-13(7-5-12)20-10-16-17-18-20/h4-7,10-11H,2-3,8-9H2,1H3/t11-/m0/s1. The first-order chi connectivity index (χ1) is 11.1. The minimum Gasteiger partial charge on any atom is -0.449 e. The Morgan fingerprint density at radius 2 is 1.87 bits per heavy atom. The van der Waals surface area contributed by atoms with E-state index in [4.69, 9.17) is 4.74 Å². The van der Waals surface area contributed by atoms with Crippen LogP contribution >= 0.6 is 0 Å². The van der Waals surface area contributed by atoms with Crippen LogP contribution in [-0.4, -0.2) is 56.2 Å². The monoisotopic (exact) mass is 315 g/mol. The predicted molar refractivity (Wildman–Crippen MR) is 79.8 cm³/mol. The third-order valence-corrected chi connectivity index (χ3v) is 3.77. The molecule has 1 aliphatic rings. The van der Waals surface area contributed by atoms with Crippen LogP contribution in [0.5, 0.6) is 0 Å². The van der Waals surface area contributed by atoms with Crippen LogP contribution < -0.4 is 0 Å². The summed E-state index contributed by atoms with van der Waals surface area (Å²) in [7, 11) is 0. The van der Waals surface area contributed by atoms with Crippen LogP contribution in [0, 0.1) is 0 Å². The molecule has 1 aliphatic heterocycles. The molecule has 1 atom stereocenters. The van der Waals surface area contributed by atoms with Crippen LogP contribution in [-0.2, 0) is 9.53 Å². The van der Waals surface area contributed by atoms with Crippen LogP contribution in [0.4, 0.5) is 0 Å². The van der Waals surface area contributed by atoms with Gasteiger partial charge in [-0.15, -0.1) is 5.10 Å². The summed E-state index contributed by atoms with van der Waals surface area (Å²) >= 11 is 0. The lowest BCUT2D eigenvalue weighted by molar-refractivity contribution is -0.138. The van der Waals surface area contributed by atoms with E-state index in [-0.39, 0.29) is 5.91 Å². The highest BCUT2D eigenvalue weighted by Gasteiger charge is 2.26. The van der Waals surface area contributed by atoms with E-state index in [1.165, 1.54) is 11.0 Å². The Balaban J connectivity index is 1.62. The van der Waals surface area contributed by atoms with Gasteiger partial charge in [-0.2, -0.15) is 0 Å². The molecule has 3 rings (SSSR count). The van der Waals surface area contributed by atoms with Crippen molar-refractivity contribution in [3.63, 3.8) is 0 Å². The smallest absolute Gasteiger partial charge is 0.338 e. The van der Waals surface area contributed by atoms with Gasteiger partial charge >= 0.3 is 5.97 Å². The number of rotatable bonds is 4. The topological polar surface area (TPSA) is 90.2 Å². The predicted octanol–water partition coefficient (Wildman–Crippen LogP) is 0.830. The SMILES string of the molecule is C[C@H](OC(=O)c1ccc(-n2cnnn2)cc1)C(=O)N1CCCC1. The highest BCUT2D eigenvalue weighted by Crippen LogP contribution is 2.13. The van der Waals surface area contributed by atoms with Gasteiger partial charge in [-0.3, -0.25) is 4.79 Å². The quantitative estimate of drug-likeness (QED) is 0.776. The average molecular weight is 315 g/mol. The minimum atomic E-state index is -0.778. The maximum atomic E-state index is 12.1. The number of aromatic nitrogens is 4. The molecule has 1 aromatic carbocycles. The lowest BCUT2D eigenvalue weighted by atomic mass is 10.2. The average Bonchev–Trinajstić information content (AvgIpc) is 3.27. The van der Waals surface area contributed by atoms with Gasteiger partial charge in [0, 0.05) is 13.1 Å². The first-order valence-corrected chi connectivity index (χ1v) is 7.48. The largest absolute Gasteiger partial charge is 0.449 e. The maximum absolute atomic E-state index is 12.1. The van der Waals surface area contributed by atoms with Gasteiger partial charge < -0.3 is 9.64 Å². The number of hydrogen-bond acceptors (Lipinski definition) is 6. The van der Waals surface area contributed by atoms with Crippen molar-refractivity contribution >= 4 is 11.9 Å². The summed E-state index contributed by atoms with van der Waals surface area (Å²) < 4.78 is 6.74. The molecule has 1 aromatic heterocycles. The van der Waals surface area contributed by atoms with E-state index in [2.05, 4.69) is 15.5 Å². The molecule has 8 nitrogen and oxygen atoms in total. The van der Waals surface area contributed by atoms with Gasteiger partial charge in [0.2, 0.25) is 0 Å². The summed E-state index contributed by atoms with van der Waals surface area (Å²) in [5.41, 5.74) is 1.11. The number of carbonyl (C=O) groups is 2. The normalized spacial score (nSPS) is 15.4. The second kappa shape index (κ2) is 6.55. The number of amides is 1. The summed E-state index contributed by atoms with van der Waals surface area (Å²) in [5, 5.41) is 10.9. The van der Waals surface area contributed by atoms with Gasteiger partial charge in [-0.25, -0.2) is 9.48 Å². The molecule has 0 spiro atoms. The molecule has 2 aromatic rings. The number of nitrogens with zero attached hydrogens (tertiary/aromatic N) is 5. The zero-order valence-electron chi connectivity index (χ0n) is 12.8. The van der Waals surface area contributed by atoms with Crippen molar-refractivity contribution in [2.24, 2.45) is 0 Å². The Morgan fingerprint density at radius 3 is 2.48 bits per heavy atom. The van der Waals surface area contributed by atoms with Crippen molar-refractivity contribution in [2.45, 2.75) is 25.9 Å². The summed E-state index contributed by atoms with van der Waals surface area (Å²) in [6.45, 7) is 3.08. The van der Waals surface area contributed by atoms with Crippen LogP contribution in [0.2, 0.25) is 0 Å². The van der Waals surface area contributed by atoms with Gasteiger partial charge in [0.25, 0.3) is 5.91 Å². The Bertz CT molecular complexity index is 678. The fourth-order valence-electron chi connectivity index (χ4n) is 2.50. The van der Waals surface area contributed by atoms with Crippen molar-refractivity contribution in [3.8, 4) is 5.69 Å². The van der Waals surface area contributed by atoms with Crippen LogP contribution in [0.15, 0.2) is 30.6 Å². The summed E-state index contributed by atoms with van der Waals surface area (Å²) in [4.78, 5) is 26.0. The number of tetrazole rings is 1. The molecule has 8 heteroatoms. The van der Waals surface area contributed by atoms with E-state index < -0.39 is 12.1 Å². The summed E-state index contributed by atoms with van der Waals surface area (Å²) in [6, 6.07) is 6.65. The number of esters is 1. The van der Waals surface area contributed by atoms with Gasteiger partial charge in [0.05, 0.1) is 11.3 Å². The number of ether oxygens (including phenoxy) is 1. The van der Waals surface area contributed by atoms with Gasteiger partial charge in [-0.1, -0.05) is 0 Å². The van der Waals surface area contributed by atoms with E-state index in [1.807, 2.05) is 0 Å². The molecule has 23 heavy (non-hydrogen) atoms. The lowest BCUT2D eigenvalue weighted by Gasteiger charge is -2.20. The van der Waals surface area contributed by atoms with Crippen molar-refractivity contribution in [1.29, 1.82) is 0 Å². The number of carbonyl (C=O) groups excluding carboxylic acids is 2. The maximum Gasteiger partial charge on any atom is 0.338 e. The molecular weight excluding hydrogens is 298 g/mol. The molecule has 2 heterocycles. The fraction of sp³-hybridized carbons (Fsp3) is 0.400. The van der Waals surface area contributed by atoms with Crippen molar-refractivity contribution in [1.82, 2.24) is 25.1 Å². The molecule has 1 saturated heterocycles. The zero-order chi connectivity index (χ0) is 16.2. The zero-order valence-corrected chi connectivity index (χ0v) is 12.8. The van der Waals surface area contributed by atoms with Gasteiger partial charge in [0.1, 0.15) is 6.33 Å². The van der Waals surface area contributed by atoms with E-state index in [0.29, 0.717) is 5.56 Å². The third-order valence-electron chi connectivity index (χ3n) is 3.77. The van der Waals surface area contributed by atoms with Crippen LogP contribution in [0.1, 0.15) is 30.1 Å².